The Morgan fingerprint density at radius 1 is 1.40 bits per heavy atom. The molecule has 0 unspecified atom stereocenters. The number of aromatic nitrogens is 4. The summed E-state index contributed by atoms with van der Waals surface area (Å²) >= 11 is 0. The number of anilines is 1. The largest absolute Gasteiger partial charge is 0.382 e. The van der Waals surface area contributed by atoms with Gasteiger partial charge in [0.1, 0.15) is 5.52 Å². The number of nitrogens with one attached hydrogen (secondary N) is 1. The number of H-pyrrole nitrogens is 1. The van der Waals surface area contributed by atoms with Gasteiger partial charge in [0, 0.05) is 0 Å². The van der Waals surface area contributed by atoms with Gasteiger partial charge in [0.2, 0.25) is 0 Å². The van der Waals surface area contributed by atoms with Crippen molar-refractivity contribution in [1.29, 1.82) is 0 Å². The average Bonchev–Trinajstić information content (AvgIpc) is 2.63. The molecule has 78 valence electrons. The van der Waals surface area contributed by atoms with Crippen LogP contribution < -0.4 is 5.73 Å². The number of nitrogens with zero attached hydrogens (tertiary/aromatic N) is 3. The number of hydrogen-bond donors (Lipinski definition) is 2. The summed E-state index contributed by atoms with van der Waals surface area (Å²) in [5.41, 5.74) is 7.05. The molecule has 0 saturated carbocycles. The van der Waals surface area contributed by atoms with Crippen LogP contribution >= 0.6 is 0 Å². The molecule has 0 fully saturated rings. The second kappa shape index (κ2) is 3.68. The molecule has 0 aliphatic heterocycles. The molecule has 0 saturated heterocycles. The summed E-state index contributed by atoms with van der Waals surface area (Å²) in [4.78, 5) is 15.3. The Labute approximate surface area is 87.5 Å². The number of imidazole rings is 1. The van der Waals surface area contributed by atoms with Gasteiger partial charge in [-0.05, 0) is 12.0 Å². The summed E-state index contributed by atoms with van der Waals surface area (Å²) in [6.45, 7) is 4.18. The van der Waals surface area contributed by atoms with Crippen LogP contribution in [-0.4, -0.2) is 19.9 Å². The number of nitrogens with two attached hydrogens (primary N) is 1. The molecule has 0 radical (unpaired) electrons. The van der Waals surface area contributed by atoms with Gasteiger partial charge < -0.3 is 10.7 Å². The van der Waals surface area contributed by atoms with E-state index in [0.717, 1.165) is 0 Å². The molecule has 2 rings (SSSR count). The molecule has 0 amide bonds. The summed E-state index contributed by atoms with van der Waals surface area (Å²) in [7, 11) is 0. The van der Waals surface area contributed by atoms with Crippen molar-refractivity contribution in [3.63, 3.8) is 0 Å². The fourth-order valence-corrected chi connectivity index (χ4v) is 1.23. The summed E-state index contributed by atoms with van der Waals surface area (Å²) in [6.07, 6.45) is 5.44. The third-order valence-electron chi connectivity index (χ3n) is 1.96. The van der Waals surface area contributed by atoms with Crippen molar-refractivity contribution in [2.75, 3.05) is 5.73 Å². The molecule has 0 spiro atoms. The highest BCUT2D eigenvalue weighted by Crippen LogP contribution is 2.13. The zero-order chi connectivity index (χ0) is 10.8. The van der Waals surface area contributed by atoms with Gasteiger partial charge in [-0.2, -0.15) is 0 Å². The summed E-state index contributed by atoms with van der Waals surface area (Å²) in [5, 5.41) is 0. The Kier molecular flexibility index (Phi) is 2.37. The lowest BCUT2D eigenvalue weighted by atomic mass is 10.2. The molecule has 15 heavy (non-hydrogen) atoms. The highest BCUT2D eigenvalue weighted by molar-refractivity contribution is 5.81. The molecule has 0 aliphatic carbocycles. The Hall–Kier alpha value is -1.91. The number of nitrogen functional groups attached to an aromatic ring is 1. The van der Waals surface area contributed by atoms with Crippen LogP contribution in [0.15, 0.2) is 12.4 Å². The highest BCUT2D eigenvalue weighted by atomic mass is 15.0. The Morgan fingerprint density at radius 3 is 2.93 bits per heavy atom. The monoisotopic (exact) mass is 203 g/mol. The summed E-state index contributed by atoms with van der Waals surface area (Å²) in [6, 6.07) is 0. The number of allylic oxidation sites excluding steroid dienone is 1. The third-order valence-corrected chi connectivity index (χ3v) is 1.96. The van der Waals surface area contributed by atoms with Crippen molar-refractivity contribution in [2.24, 2.45) is 5.92 Å². The maximum atomic E-state index is 5.75. The lowest BCUT2D eigenvalue weighted by molar-refractivity contribution is 0.835. The van der Waals surface area contributed by atoms with E-state index in [1.165, 1.54) is 0 Å². The zero-order valence-corrected chi connectivity index (χ0v) is 8.73. The van der Waals surface area contributed by atoms with Crippen LogP contribution in [0.4, 0.5) is 5.82 Å². The van der Waals surface area contributed by atoms with Gasteiger partial charge in [-0.3, -0.25) is 0 Å². The van der Waals surface area contributed by atoms with Crippen LogP contribution in [0.3, 0.4) is 0 Å². The molecule has 5 nitrogen and oxygen atoms in total. The Morgan fingerprint density at radius 2 is 2.20 bits per heavy atom. The van der Waals surface area contributed by atoms with E-state index in [1.54, 1.807) is 6.33 Å². The van der Waals surface area contributed by atoms with Crippen LogP contribution in [-0.2, 0) is 0 Å². The Balaban J connectivity index is 2.45. The molecular weight excluding hydrogens is 190 g/mol. The summed E-state index contributed by atoms with van der Waals surface area (Å²) < 4.78 is 0. The first-order valence-electron chi connectivity index (χ1n) is 4.81. The maximum absolute atomic E-state index is 5.75. The Bertz CT molecular complexity index is 497. The number of hydrogen-bond acceptors (Lipinski definition) is 4. The van der Waals surface area contributed by atoms with Crippen LogP contribution in [0.5, 0.6) is 0 Å². The first-order chi connectivity index (χ1) is 7.16. The van der Waals surface area contributed by atoms with Crippen molar-refractivity contribution in [3.05, 3.63) is 18.2 Å². The smallest absolute Gasteiger partial charge is 0.183 e. The zero-order valence-electron chi connectivity index (χ0n) is 8.73. The third kappa shape index (κ3) is 1.96. The number of aromatic amines is 1. The van der Waals surface area contributed by atoms with Crippen LogP contribution in [0.1, 0.15) is 19.7 Å². The van der Waals surface area contributed by atoms with Crippen molar-refractivity contribution < 1.29 is 0 Å². The van der Waals surface area contributed by atoms with Crippen LogP contribution in [0.2, 0.25) is 0 Å². The van der Waals surface area contributed by atoms with E-state index in [4.69, 9.17) is 5.73 Å². The van der Waals surface area contributed by atoms with E-state index in [1.807, 2.05) is 12.2 Å². The highest BCUT2D eigenvalue weighted by Gasteiger charge is 2.04. The van der Waals surface area contributed by atoms with Crippen molar-refractivity contribution in [1.82, 2.24) is 19.9 Å². The minimum atomic E-state index is 0.431. The average molecular weight is 203 g/mol. The van der Waals surface area contributed by atoms with Gasteiger partial charge in [0.15, 0.2) is 17.3 Å². The second-order valence-electron chi connectivity index (χ2n) is 3.67. The van der Waals surface area contributed by atoms with Gasteiger partial charge in [-0.1, -0.05) is 19.9 Å². The topological polar surface area (TPSA) is 80.5 Å². The maximum Gasteiger partial charge on any atom is 0.183 e. The predicted octanol–water partition coefficient (Wildman–Crippen LogP) is 1.60. The molecule has 0 aromatic carbocycles. The lowest BCUT2D eigenvalue weighted by Crippen LogP contribution is -1.97. The van der Waals surface area contributed by atoms with E-state index in [0.29, 0.717) is 28.7 Å². The van der Waals surface area contributed by atoms with Crippen LogP contribution in [0, 0.1) is 5.92 Å². The van der Waals surface area contributed by atoms with E-state index in [-0.39, 0.29) is 0 Å². The quantitative estimate of drug-likeness (QED) is 0.776. The van der Waals surface area contributed by atoms with Crippen LogP contribution in [0.25, 0.3) is 17.2 Å². The lowest BCUT2D eigenvalue weighted by Gasteiger charge is -1.97. The van der Waals surface area contributed by atoms with E-state index >= 15 is 0 Å². The standard InChI is InChI=1S/C10H13N5/c1-6(2)3-4-7-14-9(11)8-10(15-7)13-5-12-8/h3-6H,1-2H3,(H3,11,12,13,14,15)/b4-3+. The molecule has 0 bridgehead atoms. The van der Waals surface area contributed by atoms with Crippen molar-refractivity contribution in [2.45, 2.75) is 13.8 Å². The fraction of sp³-hybridized carbons (Fsp3) is 0.300. The molecule has 0 atom stereocenters. The molecule has 5 heteroatoms. The van der Waals surface area contributed by atoms with Crippen molar-refractivity contribution >= 4 is 23.1 Å². The minimum absolute atomic E-state index is 0.431. The minimum Gasteiger partial charge on any atom is -0.382 e. The second-order valence-corrected chi connectivity index (χ2v) is 3.67. The SMILES string of the molecule is CC(C)/C=C/c1nc(N)c2[nH]cnc2n1. The summed E-state index contributed by atoms with van der Waals surface area (Å²) in [5.74, 6) is 1.49. The number of fused-ring (bicyclic) bond motifs is 1. The predicted molar refractivity (Wildman–Crippen MR) is 60.0 cm³/mol. The van der Waals surface area contributed by atoms with E-state index < -0.39 is 0 Å². The van der Waals surface area contributed by atoms with Gasteiger partial charge in [0.05, 0.1) is 6.33 Å². The van der Waals surface area contributed by atoms with E-state index in [9.17, 15) is 0 Å². The molecule has 2 heterocycles. The number of rotatable bonds is 2. The van der Waals surface area contributed by atoms with E-state index in [2.05, 4.69) is 33.8 Å². The molecule has 3 N–H and O–H groups in total. The molecule has 0 aliphatic rings. The molecular formula is C10H13N5. The van der Waals surface area contributed by atoms with Gasteiger partial charge in [0.25, 0.3) is 0 Å². The van der Waals surface area contributed by atoms with Gasteiger partial charge in [-0.15, -0.1) is 0 Å². The molecule has 2 aromatic rings. The van der Waals surface area contributed by atoms with Crippen molar-refractivity contribution in [3.8, 4) is 0 Å². The first-order valence-corrected chi connectivity index (χ1v) is 4.81. The normalized spacial score (nSPS) is 11.9. The molecule has 2 aromatic heterocycles. The van der Waals surface area contributed by atoms with Gasteiger partial charge in [-0.25, -0.2) is 15.0 Å². The van der Waals surface area contributed by atoms with Gasteiger partial charge >= 0.3 is 0 Å². The first kappa shape index (κ1) is 9.64. The fourth-order valence-electron chi connectivity index (χ4n) is 1.23.